The summed E-state index contributed by atoms with van der Waals surface area (Å²) in [4.78, 5) is 32.8. The van der Waals surface area contributed by atoms with Crippen molar-refractivity contribution in [3.05, 3.63) is 59.8 Å². The predicted octanol–water partition coefficient (Wildman–Crippen LogP) is 2.64. The molecule has 214 valence electrons. The molecule has 0 saturated carbocycles. The second-order valence-electron chi connectivity index (χ2n) is 8.85. The van der Waals surface area contributed by atoms with Gasteiger partial charge in [0.1, 0.15) is 6.54 Å². The fraction of sp³-hybridized carbons (Fsp3) is 0.308. The molecule has 0 fully saturated rings. The van der Waals surface area contributed by atoms with Crippen LogP contribution in [0.1, 0.15) is 35.0 Å². The number of halogens is 3. The monoisotopic (exact) mass is 568 g/mol. The number of amides is 2. The molecule has 0 aliphatic heterocycles. The van der Waals surface area contributed by atoms with Crippen LogP contribution in [0.2, 0.25) is 0 Å². The summed E-state index contributed by atoms with van der Waals surface area (Å²) in [5.74, 6) is -0.198. The Bertz CT molecular complexity index is 1600. The molecule has 0 saturated heterocycles. The Kier molecular flexibility index (Phi) is 8.83. The van der Waals surface area contributed by atoms with Gasteiger partial charge in [-0.15, -0.1) is 0 Å². The number of imidazole rings is 1. The molecule has 0 aliphatic carbocycles. The summed E-state index contributed by atoms with van der Waals surface area (Å²) in [6, 6.07) is 6.89. The van der Waals surface area contributed by atoms with E-state index in [1.165, 1.54) is 23.0 Å². The van der Waals surface area contributed by atoms with Gasteiger partial charge in [-0.2, -0.15) is 23.5 Å². The Morgan fingerprint density at radius 2 is 1.95 bits per heavy atom. The second kappa shape index (κ2) is 12.5. The summed E-state index contributed by atoms with van der Waals surface area (Å²) in [5.41, 5.74) is 6.19. The Morgan fingerprint density at radius 1 is 1.17 bits per heavy atom. The molecular formula is C26H27F3N10O2. The average molecular weight is 569 g/mol. The van der Waals surface area contributed by atoms with Gasteiger partial charge in [-0.05, 0) is 30.2 Å². The van der Waals surface area contributed by atoms with Crippen molar-refractivity contribution in [3.63, 3.8) is 0 Å². The van der Waals surface area contributed by atoms with E-state index in [1.54, 1.807) is 24.3 Å². The van der Waals surface area contributed by atoms with Gasteiger partial charge in [-0.25, -0.2) is 9.97 Å². The molecule has 4 aromatic rings. The lowest BCUT2D eigenvalue weighted by molar-refractivity contribution is -0.141. The number of aryl methyl sites for hydroxylation is 1. The number of nitrogens with two attached hydrogens (primary N) is 1. The zero-order valence-electron chi connectivity index (χ0n) is 22.0. The van der Waals surface area contributed by atoms with Gasteiger partial charge in [0.25, 0.3) is 5.91 Å². The van der Waals surface area contributed by atoms with Crippen LogP contribution in [-0.2, 0) is 23.9 Å². The van der Waals surface area contributed by atoms with Gasteiger partial charge >= 0.3 is 6.18 Å². The van der Waals surface area contributed by atoms with Gasteiger partial charge in [0.15, 0.2) is 17.2 Å². The van der Waals surface area contributed by atoms with E-state index < -0.39 is 11.9 Å². The van der Waals surface area contributed by atoms with Crippen molar-refractivity contribution >= 4 is 29.0 Å². The van der Waals surface area contributed by atoms with Gasteiger partial charge in [0, 0.05) is 55.9 Å². The lowest BCUT2D eigenvalue weighted by Crippen LogP contribution is -2.35. The third-order valence-corrected chi connectivity index (χ3v) is 6.06. The number of carbonyl (C=O) groups excluding carboxylic acids is 2. The highest BCUT2D eigenvalue weighted by atomic mass is 19.4. The lowest BCUT2D eigenvalue weighted by atomic mass is 10.0. The first-order valence-electron chi connectivity index (χ1n) is 12.6. The number of anilines is 2. The smallest absolute Gasteiger partial charge is 0.354 e. The summed E-state index contributed by atoms with van der Waals surface area (Å²) < 4.78 is 43.5. The van der Waals surface area contributed by atoms with Crippen LogP contribution >= 0.6 is 0 Å². The van der Waals surface area contributed by atoms with Crippen molar-refractivity contribution in [1.82, 2.24) is 34.8 Å². The summed E-state index contributed by atoms with van der Waals surface area (Å²) in [7, 11) is 0. The standard InChI is InChI=1S/C26H27F3N10O2/c1-2-16-13-17(3-4-18(16)25(41)34-9-8-32-21(40)5-6-30)36-23-24-35-14-20(39(24)12-10-33-23)19-15-38(11-7-31)37-22(19)26(27,28)29/h3-4,10,12-15H,2,5-6,8-9,11,30H2,1H3,(H,32,40)(H,33,36)(H,34,41). The zero-order valence-corrected chi connectivity index (χ0v) is 22.0. The van der Waals surface area contributed by atoms with Gasteiger partial charge in [0.2, 0.25) is 5.91 Å². The minimum absolute atomic E-state index is 0.127. The van der Waals surface area contributed by atoms with Crippen LogP contribution in [0, 0.1) is 11.3 Å². The molecule has 12 nitrogen and oxygen atoms in total. The van der Waals surface area contributed by atoms with Crippen molar-refractivity contribution < 1.29 is 22.8 Å². The van der Waals surface area contributed by atoms with Crippen molar-refractivity contribution in [2.75, 3.05) is 25.0 Å². The van der Waals surface area contributed by atoms with Crippen LogP contribution < -0.4 is 21.7 Å². The molecular weight excluding hydrogens is 541 g/mol. The van der Waals surface area contributed by atoms with E-state index in [9.17, 15) is 22.8 Å². The molecule has 15 heteroatoms. The Balaban J connectivity index is 1.55. The SMILES string of the molecule is CCc1cc(Nc2nccn3c(-c4cn(CC#N)nc4C(F)(F)F)cnc23)ccc1C(=O)NCCNC(=O)CCN. The molecule has 0 aliphatic rings. The van der Waals surface area contributed by atoms with Crippen LogP contribution in [0.15, 0.2) is 43.0 Å². The third-order valence-electron chi connectivity index (χ3n) is 6.06. The maximum absolute atomic E-state index is 13.7. The van der Waals surface area contributed by atoms with Crippen LogP contribution in [0.3, 0.4) is 0 Å². The largest absolute Gasteiger partial charge is 0.435 e. The fourth-order valence-electron chi connectivity index (χ4n) is 4.19. The first kappa shape index (κ1) is 29.0. The topological polar surface area (TPSA) is 168 Å². The number of aromatic nitrogens is 5. The van der Waals surface area contributed by atoms with Crippen LogP contribution in [0.4, 0.5) is 24.7 Å². The molecule has 4 rings (SSSR count). The third kappa shape index (κ3) is 6.61. The average Bonchev–Trinajstić information content (AvgIpc) is 3.56. The first-order valence-corrected chi connectivity index (χ1v) is 12.6. The lowest BCUT2D eigenvalue weighted by Gasteiger charge is -2.13. The number of nitriles is 1. The van der Waals surface area contributed by atoms with E-state index in [1.807, 2.05) is 6.92 Å². The zero-order chi connectivity index (χ0) is 29.6. The van der Waals surface area contributed by atoms with E-state index in [2.05, 4.69) is 31.0 Å². The molecule has 3 aromatic heterocycles. The second-order valence-corrected chi connectivity index (χ2v) is 8.85. The summed E-state index contributed by atoms with van der Waals surface area (Å²) in [6.45, 7) is 2.33. The normalized spacial score (nSPS) is 11.3. The number of hydrogen-bond donors (Lipinski definition) is 4. The van der Waals surface area contributed by atoms with Crippen LogP contribution in [0.25, 0.3) is 16.9 Å². The maximum atomic E-state index is 13.7. The molecule has 41 heavy (non-hydrogen) atoms. The van der Waals surface area contributed by atoms with Crippen molar-refractivity contribution in [3.8, 4) is 17.3 Å². The van der Waals surface area contributed by atoms with E-state index in [0.29, 0.717) is 17.7 Å². The highest BCUT2D eigenvalue weighted by molar-refractivity contribution is 5.96. The number of nitrogens with one attached hydrogen (secondary N) is 3. The minimum atomic E-state index is -4.74. The maximum Gasteiger partial charge on any atom is 0.435 e. The molecule has 0 atom stereocenters. The quantitative estimate of drug-likeness (QED) is 0.200. The highest BCUT2D eigenvalue weighted by Crippen LogP contribution is 2.37. The summed E-state index contributed by atoms with van der Waals surface area (Å²) in [6.07, 6.45) is 1.37. The fourth-order valence-corrected chi connectivity index (χ4v) is 4.19. The van der Waals surface area contributed by atoms with E-state index >= 15 is 0 Å². The first-order chi connectivity index (χ1) is 19.7. The van der Waals surface area contributed by atoms with Crippen LogP contribution in [0.5, 0.6) is 0 Å². The summed E-state index contributed by atoms with van der Waals surface area (Å²) >= 11 is 0. The van der Waals surface area contributed by atoms with Gasteiger partial charge in [-0.3, -0.25) is 18.7 Å². The molecule has 5 N–H and O–H groups in total. The number of benzene rings is 1. The molecule has 3 heterocycles. The van der Waals surface area contributed by atoms with Crippen molar-refractivity contribution in [1.29, 1.82) is 5.26 Å². The van der Waals surface area contributed by atoms with E-state index in [0.717, 1.165) is 16.4 Å². The molecule has 2 amide bonds. The minimum Gasteiger partial charge on any atom is -0.354 e. The number of carbonyl (C=O) groups is 2. The Labute approximate surface area is 232 Å². The molecule has 0 unspecified atom stereocenters. The predicted molar refractivity (Wildman–Crippen MR) is 143 cm³/mol. The number of nitrogens with zero attached hydrogens (tertiary/aromatic N) is 6. The number of hydrogen-bond acceptors (Lipinski definition) is 8. The molecule has 0 bridgehead atoms. The van der Waals surface area contributed by atoms with Gasteiger partial charge in [-0.1, -0.05) is 6.92 Å². The van der Waals surface area contributed by atoms with Crippen molar-refractivity contribution in [2.24, 2.45) is 5.73 Å². The van der Waals surface area contributed by atoms with E-state index in [-0.39, 0.29) is 67.1 Å². The molecule has 1 aromatic carbocycles. The van der Waals surface area contributed by atoms with Gasteiger partial charge < -0.3 is 21.7 Å². The molecule has 0 radical (unpaired) electrons. The molecule has 0 spiro atoms. The van der Waals surface area contributed by atoms with E-state index in [4.69, 9.17) is 11.0 Å². The Morgan fingerprint density at radius 3 is 2.66 bits per heavy atom. The number of rotatable bonds is 11. The van der Waals surface area contributed by atoms with Crippen LogP contribution in [-0.4, -0.2) is 55.6 Å². The van der Waals surface area contributed by atoms with Crippen molar-refractivity contribution in [2.45, 2.75) is 32.5 Å². The Hall–Kier alpha value is -4.97. The highest BCUT2D eigenvalue weighted by Gasteiger charge is 2.38. The number of alkyl halides is 3. The van der Waals surface area contributed by atoms with Gasteiger partial charge in [0.05, 0.1) is 23.5 Å². The summed E-state index contributed by atoms with van der Waals surface area (Å²) in [5, 5.41) is 21.0. The number of fused-ring (bicyclic) bond motifs is 1.